The maximum atomic E-state index is 5.52. The molecule has 0 saturated heterocycles. The van der Waals surface area contributed by atoms with Gasteiger partial charge in [-0.2, -0.15) is 11.8 Å². The number of hydrogen-bond donors (Lipinski definition) is 0. The molecule has 0 aliphatic rings. The van der Waals surface area contributed by atoms with Gasteiger partial charge in [0.1, 0.15) is 5.01 Å². The second-order valence-electron chi connectivity index (χ2n) is 3.76. The zero-order chi connectivity index (χ0) is 13.1. The van der Waals surface area contributed by atoms with Crippen molar-refractivity contribution >= 4 is 45.1 Å². The molecule has 0 radical (unpaired) electrons. The third-order valence-corrected chi connectivity index (χ3v) is 4.96. The van der Waals surface area contributed by atoms with Crippen LogP contribution in [0.2, 0.25) is 0 Å². The molecule has 0 saturated carbocycles. The molecule has 1 aromatic carbocycles. The van der Waals surface area contributed by atoms with Crippen molar-refractivity contribution < 1.29 is 4.42 Å². The molecule has 0 spiro atoms. The summed E-state index contributed by atoms with van der Waals surface area (Å²) < 4.78 is 6.73. The van der Waals surface area contributed by atoms with Gasteiger partial charge in [0, 0.05) is 0 Å². The first kappa shape index (κ1) is 13.0. The first-order valence-electron chi connectivity index (χ1n) is 5.64. The predicted octanol–water partition coefficient (Wildman–Crippen LogP) is 3.83. The minimum Gasteiger partial charge on any atom is -0.415 e. The third kappa shape index (κ3) is 3.10. The van der Waals surface area contributed by atoms with E-state index < -0.39 is 0 Å². The first-order chi connectivity index (χ1) is 9.35. The van der Waals surface area contributed by atoms with Crippen molar-refractivity contribution in [1.82, 2.24) is 15.2 Å². The van der Waals surface area contributed by atoms with Gasteiger partial charge in [0.25, 0.3) is 5.22 Å². The fourth-order valence-electron chi connectivity index (χ4n) is 1.58. The van der Waals surface area contributed by atoms with Crippen LogP contribution in [-0.4, -0.2) is 21.4 Å². The fourth-order valence-corrected chi connectivity index (χ4v) is 3.69. The summed E-state index contributed by atoms with van der Waals surface area (Å²) in [5.41, 5.74) is 1.05. The Morgan fingerprint density at radius 1 is 1.21 bits per heavy atom. The maximum Gasteiger partial charge on any atom is 0.277 e. The largest absolute Gasteiger partial charge is 0.415 e. The Morgan fingerprint density at radius 2 is 2.11 bits per heavy atom. The molecule has 0 atom stereocenters. The summed E-state index contributed by atoms with van der Waals surface area (Å²) in [6.45, 7) is 0. The van der Waals surface area contributed by atoms with Gasteiger partial charge in [-0.25, -0.2) is 4.98 Å². The van der Waals surface area contributed by atoms with E-state index in [1.807, 2.05) is 24.5 Å². The summed E-state index contributed by atoms with van der Waals surface area (Å²) in [4.78, 5) is 4.57. The van der Waals surface area contributed by atoms with Crippen LogP contribution >= 0.6 is 34.9 Å². The second-order valence-corrected chi connectivity index (χ2v) is 6.67. The fraction of sp³-hybridized carbons (Fsp3) is 0.250. The van der Waals surface area contributed by atoms with E-state index in [2.05, 4.69) is 21.2 Å². The van der Waals surface area contributed by atoms with Crippen molar-refractivity contribution in [3.63, 3.8) is 0 Å². The van der Waals surface area contributed by atoms with Crippen LogP contribution in [0.4, 0.5) is 0 Å². The van der Waals surface area contributed by atoms with Crippen LogP contribution in [0.15, 0.2) is 33.9 Å². The van der Waals surface area contributed by atoms with Gasteiger partial charge in [-0.05, 0) is 18.4 Å². The third-order valence-electron chi connectivity index (χ3n) is 2.37. The van der Waals surface area contributed by atoms with Crippen molar-refractivity contribution in [3.8, 4) is 0 Å². The number of nitrogens with zero attached hydrogens (tertiary/aromatic N) is 3. The van der Waals surface area contributed by atoms with Gasteiger partial charge in [-0.1, -0.05) is 23.9 Å². The molecule has 0 bridgehead atoms. The molecule has 0 aliphatic carbocycles. The van der Waals surface area contributed by atoms with E-state index in [0.29, 0.717) is 11.1 Å². The highest BCUT2D eigenvalue weighted by molar-refractivity contribution is 7.98. The average Bonchev–Trinajstić information content (AvgIpc) is 3.02. The number of hydrogen-bond acceptors (Lipinski definition) is 7. The van der Waals surface area contributed by atoms with Crippen LogP contribution < -0.4 is 0 Å². The van der Waals surface area contributed by atoms with E-state index in [0.717, 1.165) is 22.0 Å². The van der Waals surface area contributed by atoms with Crippen LogP contribution in [0.3, 0.4) is 0 Å². The number of para-hydroxylation sites is 1. The number of rotatable bonds is 5. The lowest BCUT2D eigenvalue weighted by atomic mass is 10.3. The predicted molar refractivity (Wildman–Crippen MR) is 80.7 cm³/mol. The van der Waals surface area contributed by atoms with E-state index in [1.54, 1.807) is 23.1 Å². The van der Waals surface area contributed by atoms with Crippen molar-refractivity contribution in [2.75, 3.05) is 6.26 Å². The summed E-state index contributed by atoms with van der Waals surface area (Å²) in [5.74, 6) is 2.20. The van der Waals surface area contributed by atoms with Gasteiger partial charge in [0.2, 0.25) is 5.89 Å². The van der Waals surface area contributed by atoms with Crippen molar-refractivity contribution in [2.24, 2.45) is 0 Å². The van der Waals surface area contributed by atoms with Gasteiger partial charge in [0.15, 0.2) is 0 Å². The molecule has 2 heterocycles. The number of aromatic nitrogens is 3. The standard InChI is InChI=1S/C12H11N3OS3/c1-17-6-10-14-15-12(16-10)18-7-11-13-8-4-2-3-5-9(8)19-11/h2-5H,6-7H2,1H3. The van der Waals surface area contributed by atoms with Gasteiger partial charge >= 0.3 is 0 Å². The lowest BCUT2D eigenvalue weighted by Crippen LogP contribution is -1.78. The Balaban J connectivity index is 1.67. The molecule has 7 heteroatoms. The monoisotopic (exact) mass is 309 g/mol. The summed E-state index contributed by atoms with van der Waals surface area (Å²) in [5, 5.41) is 9.69. The summed E-state index contributed by atoms with van der Waals surface area (Å²) in [6.07, 6.45) is 2.01. The Kier molecular flexibility index (Phi) is 4.05. The first-order valence-corrected chi connectivity index (χ1v) is 8.83. The summed E-state index contributed by atoms with van der Waals surface area (Å²) in [6, 6.07) is 8.16. The molecule has 0 N–H and O–H groups in total. The molecular weight excluding hydrogens is 298 g/mol. The van der Waals surface area contributed by atoms with Crippen LogP contribution in [0.1, 0.15) is 10.9 Å². The normalized spacial score (nSPS) is 11.2. The number of thioether (sulfide) groups is 2. The molecule has 3 aromatic rings. The zero-order valence-electron chi connectivity index (χ0n) is 10.2. The Bertz CT molecular complexity index is 646. The Morgan fingerprint density at radius 3 is 2.95 bits per heavy atom. The number of thiazole rings is 1. The van der Waals surface area contributed by atoms with Gasteiger partial charge in [0.05, 0.1) is 21.7 Å². The molecule has 0 unspecified atom stereocenters. The summed E-state index contributed by atoms with van der Waals surface area (Å²) >= 11 is 4.91. The molecule has 4 nitrogen and oxygen atoms in total. The molecule has 3 rings (SSSR count). The summed E-state index contributed by atoms with van der Waals surface area (Å²) in [7, 11) is 0. The molecular formula is C12H11N3OS3. The second kappa shape index (κ2) is 5.94. The van der Waals surface area contributed by atoms with E-state index in [-0.39, 0.29) is 0 Å². The van der Waals surface area contributed by atoms with E-state index in [9.17, 15) is 0 Å². The number of fused-ring (bicyclic) bond motifs is 1. The quantitative estimate of drug-likeness (QED) is 0.668. The molecule has 19 heavy (non-hydrogen) atoms. The van der Waals surface area contributed by atoms with E-state index >= 15 is 0 Å². The minimum atomic E-state index is 0.614. The lowest BCUT2D eigenvalue weighted by molar-refractivity contribution is 0.426. The van der Waals surface area contributed by atoms with E-state index in [1.165, 1.54) is 16.5 Å². The molecule has 0 aliphatic heterocycles. The van der Waals surface area contributed by atoms with Crippen LogP contribution in [-0.2, 0) is 11.5 Å². The SMILES string of the molecule is CSCc1nnc(SCc2nc3ccccc3s2)o1. The van der Waals surface area contributed by atoms with Crippen LogP contribution in [0.5, 0.6) is 0 Å². The van der Waals surface area contributed by atoms with Gasteiger partial charge in [-0.15, -0.1) is 21.5 Å². The van der Waals surface area contributed by atoms with Gasteiger partial charge in [-0.3, -0.25) is 0 Å². The van der Waals surface area contributed by atoms with Crippen molar-refractivity contribution in [2.45, 2.75) is 16.7 Å². The topological polar surface area (TPSA) is 51.8 Å². The van der Waals surface area contributed by atoms with E-state index in [4.69, 9.17) is 4.42 Å². The Hall–Kier alpha value is -1.05. The Labute approximate surface area is 123 Å². The molecule has 0 amide bonds. The zero-order valence-corrected chi connectivity index (χ0v) is 12.6. The molecule has 98 valence electrons. The highest BCUT2D eigenvalue weighted by Crippen LogP contribution is 2.28. The van der Waals surface area contributed by atoms with Crippen molar-refractivity contribution in [3.05, 3.63) is 35.2 Å². The molecule has 2 aromatic heterocycles. The molecule has 0 fully saturated rings. The highest BCUT2D eigenvalue weighted by Gasteiger charge is 2.09. The maximum absolute atomic E-state index is 5.52. The van der Waals surface area contributed by atoms with Gasteiger partial charge < -0.3 is 4.42 Å². The lowest BCUT2D eigenvalue weighted by Gasteiger charge is -1.91. The average molecular weight is 309 g/mol. The van der Waals surface area contributed by atoms with Crippen LogP contribution in [0.25, 0.3) is 10.2 Å². The highest BCUT2D eigenvalue weighted by atomic mass is 32.2. The van der Waals surface area contributed by atoms with Crippen molar-refractivity contribution in [1.29, 1.82) is 0 Å². The minimum absolute atomic E-state index is 0.614. The van der Waals surface area contributed by atoms with Crippen LogP contribution in [0, 0.1) is 0 Å². The number of benzene rings is 1. The smallest absolute Gasteiger partial charge is 0.277 e.